The van der Waals surface area contributed by atoms with E-state index in [0.717, 1.165) is 40.7 Å². The number of ether oxygens (including phenoxy) is 1. The second-order valence-corrected chi connectivity index (χ2v) is 8.40. The molecule has 2 aromatic heterocycles. The first-order valence-electron chi connectivity index (χ1n) is 9.49. The van der Waals surface area contributed by atoms with Gasteiger partial charge >= 0.3 is 0 Å². The summed E-state index contributed by atoms with van der Waals surface area (Å²) in [6, 6.07) is 8.50. The third-order valence-corrected chi connectivity index (χ3v) is 6.09. The van der Waals surface area contributed by atoms with E-state index in [1.807, 2.05) is 6.92 Å². The van der Waals surface area contributed by atoms with Gasteiger partial charge in [0.1, 0.15) is 0 Å². The van der Waals surface area contributed by atoms with Gasteiger partial charge in [0.15, 0.2) is 5.82 Å². The van der Waals surface area contributed by atoms with Crippen LogP contribution in [0.3, 0.4) is 0 Å². The maximum absolute atomic E-state index is 11.0. The Hall–Kier alpha value is -1.96. The van der Waals surface area contributed by atoms with E-state index in [-0.39, 0.29) is 24.1 Å². The Labute approximate surface area is 163 Å². The monoisotopic (exact) mass is 386 g/mol. The minimum absolute atomic E-state index is 0.0435. The van der Waals surface area contributed by atoms with Crippen molar-refractivity contribution in [3.05, 3.63) is 46.1 Å². The molecule has 1 saturated heterocycles. The van der Waals surface area contributed by atoms with Gasteiger partial charge in [0, 0.05) is 19.5 Å². The van der Waals surface area contributed by atoms with E-state index in [1.165, 1.54) is 16.9 Å². The molecule has 27 heavy (non-hydrogen) atoms. The molecule has 3 heterocycles. The molecular weight excluding hydrogens is 360 g/mol. The van der Waals surface area contributed by atoms with E-state index >= 15 is 0 Å². The van der Waals surface area contributed by atoms with Gasteiger partial charge in [-0.1, -0.05) is 48.1 Å². The fraction of sp³-hybridized carbons (Fsp3) is 0.500. The number of thiazole rings is 1. The van der Waals surface area contributed by atoms with E-state index in [4.69, 9.17) is 4.74 Å². The summed E-state index contributed by atoms with van der Waals surface area (Å²) >= 11 is 1.52. The molecular formula is C20H26N4O2S. The normalized spacial score (nSPS) is 22.4. The zero-order valence-electron chi connectivity index (χ0n) is 16.2. The summed E-state index contributed by atoms with van der Waals surface area (Å²) in [6.45, 7) is 9.94. The van der Waals surface area contributed by atoms with Gasteiger partial charge < -0.3 is 9.84 Å². The molecule has 0 unspecified atom stereocenters. The van der Waals surface area contributed by atoms with Crippen molar-refractivity contribution in [2.45, 2.75) is 52.4 Å². The summed E-state index contributed by atoms with van der Waals surface area (Å²) in [7, 11) is 0. The molecule has 1 aliphatic heterocycles. The van der Waals surface area contributed by atoms with Crippen molar-refractivity contribution in [1.29, 1.82) is 0 Å². The molecule has 0 bridgehead atoms. The molecule has 0 saturated carbocycles. The average molecular weight is 387 g/mol. The number of rotatable bonds is 4. The third kappa shape index (κ3) is 3.47. The van der Waals surface area contributed by atoms with E-state index in [0.29, 0.717) is 0 Å². The molecule has 0 aliphatic carbocycles. The quantitative estimate of drug-likeness (QED) is 0.743. The first-order valence-corrected chi connectivity index (χ1v) is 10.3. The first kappa shape index (κ1) is 18.4. The Kier molecular flexibility index (Phi) is 4.92. The lowest BCUT2D eigenvalue weighted by Gasteiger charge is -2.40. The lowest BCUT2D eigenvalue weighted by atomic mass is 10.0. The van der Waals surface area contributed by atoms with Crippen LogP contribution in [-0.4, -0.2) is 49.9 Å². The van der Waals surface area contributed by atoms with Crippen molar-refractivity contribution >= 4 is 16.3 Å². The number of morpholine rings is 1. The smallest absolute Gasteiger partial charge is 0.230 e. The Balaban J connectivity index is 1.81. The highest BCUT2D eigenvalue weighted by Gasteiger charge is 2.34. The predicted octanol–water partition coefficient (Wildman–Crippen LogP) is 3.57. The van der Waals surface area contributed by atoms with Crippen LogP contribution in [0.1, 0.15) is 48.6 Å². The molecule has 144 valence electrons. The molecule has 1 fully saturated rings. The lowest BCUT2D eigenvalue weighted by Crippen LogP contribution is -2.47. The van der Waals surface area contributed by atoms with E-state index in [1.54, 1.807) is 4.52 Å². The van der Waals surface area contributed by atoms with Crippen molar-refractivity contribution in [2.24, 2.45) is 0 Å². The highest BCUT2D eigenvalue weighted by molar-refractivity contribution is 7.17. The second-order valence-electron chi connectivity index (χ2n) is 7.39. The first-order chi connectivity index (χ1) is 13.0. The highest BCUT2D eigenvalue weighted by Crippen LogP contribution is 2.41. The summed E-state index contributed by atoms with van der Waals surface area (Å²) in [4.78, 5) is 8.57. The minimum atomic E-state index is -0.0435. The number of aryl methyl sites for hydroxylation is 2. The number of hydrogen-bond acceptors (Lipinski definition) is 6. The van der Waals surface area contributed by atoms with Crippen LogP contribution in [-0.2, 0) is 11.2 Å². The van der Waals surface area contributed by atoms with Gasteiger partial charge in [-0.05, 0) is 26.3 Å². The van der Waals surface area contributed by atoms with Gasteiger partial charge in [0.05, 0.1) is 23.1 Å². The van der Waals surface area contributed by atoms with Crippen LogP contribution in [0.4, 0.5) is 0 Å². The zero-order chi connectivity index (χ0) is 19.1. The SMILES string of the molecule is CCc1nc2sc([C@@H](c3ccc(C)cc3)N3C[C@@H](C)O[C@@H](C)C3)c(O)n2n1. The molecule has 0 spiro atoms. The molecule has 6 nitrogen and oxygen atoms in total. The number of benzene rings is 1. The Bertz CT molecular complexity index is 924. The molecule has 3 atom stereocenters. The largest absolute Gasteiger partial charge is 0.492 e. The van der Waals surface area contributed by atoms with Gasteiger partial charge in [-0.15, -0.1) is 5.10 Å². The van der Waals surface area contributed by atoms with Gasteiger partial charge in [-0.25, -0.2) is 4.98 Å². The van der Waals surface area contributed by atoms with Crippen LogP contribution in [0.2, 0.25) is 0 Å². The van der Waals surface area contributed by atoms with E-state index in [2.05, 4.69) is 60.0 Å². The van der Waals surface area contributed by atoms with Crippen molar-refractivity contribution < 1.29 is 9.84 Å². The van der Waals surface area contributed by atoms with Gasteiger partial charge in [0.2, 0.25) is 10.8 Å². The number of nitrogens with zero attached hydrogens (tertiary/aromatic N) is 4. The fourth-order valence-electron chi connectivity index (χ4n) is 3.82. The van der Waals surface area contributed by atoms with Crippen LogP contribution in [0.25, 0.3) is 4.96 Å². The molecule has 1 aliphatic rings. The summed E-state index contributed by atoms with van der Waals surface area (Å²) in [5, 5.41) is 15.4. The van der Waals surface area contributed by atoms with Crippen LogP contribution in [0.5, 0.6) is 5.88 Å². The number of aromatic nitrogens is 3. The fourth-order valence-corrected chi connectivity index (χ4v) is 4.96. The number of fused-ring (bicyclic) bond motifs is 1. The third-order valence-electron chi connectivity index (χ3n) is 5.01. The van der Waals surface area contributed by atoms with Crippen molar-refractivity contribution in [3.8, 4) is 5.88 Å². The van der Waals surface area contributed by atoms with E-state index in [9.17, 15) is 5.11 Å². The van der Waals surface area contributed by atoms with Crippen molar-refractivity contribution in [1.82, 2.24) is 19.5 Å². The lowest BCUT2D eigenvalue weighted by molar-refractivity contribution is -0.0764. The van der Waals surface area contributed by atoms with Crippen LogP contribution in [0, 0.1) is 6.92 Å². The minimum Gasteiger partial charge on any atom is -0.492 e. The van der Waals surface area contributed by atoms with Gasteiger partial charge in [0.25, 0.3) is 0 Å². The standard InChI is InChI=1S/C20H26N4O2S/c1-5-16-21-20-24(22-16)19(25)18(27-20)17(15-8-6-12(2)7-9-15)23-10-13(3)26-14(4)11-23/h6-9,13-14,17,25H,5,10-11H2,1-4H3/t13-,14+,17-/m1/s1. The summed E-state index contributed by atoms with van der Waals surface area (Å²) in [5.41, 5.74) is 2.39. The van der Waals surface area contributed by atoms with E-state index < -0.39 is 0 Å². The molecule has 1 aromatic carbocycles. The van der Waals surface area contributed by atoms with Gasteiger partial charge in [-0.3, -0.25) is 4.90 Å². The summed E-state index contributed by atoms with van der Waals surface area (Å²) in [6.07, 6.45) is 1.05. The van der Waals surface area contributed by atoms with Crippen LogP contribution >= 0.6 is 11.3 Å². The summed E-state index contributed by atoms with van der Waals surface area (Å²) in [5.74, 6) is 0.947. The Morgan fingerprint density at radius 2 is 1.89 bits per heavy atom. The van der Waals surface area contributed by atoms with Gasteiger partial charge in [-0.2, -0.15) is 4.52 Å². The molecule has 7 heteroatoms. The van der Waals surface area contributed by atoms with Crippen LogP contribution < -0.4 is 0 Å². The Morgan fingerprint density at radius 1 is 1.22 bits per heavy atom. The molecule has 4 rings (SSSR count). The predicted molar refractivity (Wildman–Crippen MR) is 107 cm³/mol. The van der Waals surface area contributed by atoms with Crippen molar-refractivity contribution in [3.63, 3.8) is 0 Å². The number of aromatic hydroxyl groups is 1. The number of hydrogen-bond donors (Lipinski definition) is 1. The molecule has 0 radical (unpaired) electrons. The van der Waals surface area contributed by atoms with Crippen LogP contribution in [0.15, 0.2) is 24.3 Å². The topological polar surface area (TPSA) is 62.9 Å². The Morgan fingerprint density at radius 3 is 2.48 bits per heavy atom. The molecule has 1 N–H and O–H groups in total. The highest BCUT2D eigenvalue weighted by atomic mass is 32.1. The second kappa shape index (κ2) is 7.22. The average Bonchev–Trinajstić information content (AvgIpc) is 3.16. The maximum Gasteiger partial charge on any atom is 0.230 e. The maximum atomic E-state index is 11.0. The zero-order valence-corrected chi connectivity index (χ0v) is 17.0. The summed E-state index contributed by atoms with van der Waals surface area (Å²) < 4.78 is 7.51. The molecule has 3 aromatic rings. The molecule has 0 amide bonds. The van der Waals surface area contributed by atoms with Crippen molar-refractivity contribution in [2.75, 3.05) is 13.1 Å².